The molecule has 4 rings (SSSR count). The molecular weight excluding hydrogens is 616 g/mol. The van der Waals surface area contributed by atoms with Gasteiger partial charge in [0.05, 0.1) is 11.1 Å². The number of halogens is 2. The van der Waals surface area contributed by atoms with Crippen LogP contribution in [0.25, 0.3) is 6.08 Å². The summed E-state index contributed by atoms with van der Waals surface area (Å²) in [6, 6.07) is 26.1. The fourth-order valence-electron chi connectivity index (χ4n) is 4.02. The van der Waals surface area contributed by atoms with Crippen LogP contribution in [-0.2, 0) is 18.0 Å². The molecule has 0 fully saturated rings. The van der Waals surface area contributed by atoms with Gasteiger partial charge in [0.1, 0.15) is 30.6 Å². The lowest BCUT2D eigenvalue weighted by atomic mass is 10.1. The largest absolute Gasteiger partial charge is 0.490 e. The summed E-state index contributed by atoms with van der Waals surface area (Å²) in [6.07, 6.45) is 1.51. The Morgan fingerprint density at radius 1 is 0.905 bits per heavy atom. The number of nitrogens with zero attached hydrogens (tertiary/aromatic N) is 1. The number of ether oxygens (including phenoxy) is 3. The van der Waals surface area contributed by atoms with Crippen molar-refractivity contribution < 1.29 is 19.0 Å². The van der Waals surface area contributed by atoms with Crippen LogP contribution in [0.3, 0.4) is 0 Å². The first-order valence-electron chi connectivity index (χ1n) is 13.3. The van der Waals surface area contributed by atoms with Crippen molar-refractivity contribution in [3.8, 4) is 23.3 Å². The van der Waals surface area contributed by atoms with E-state index in [1.54, 1.807) is 36.4 Å². The van der Waals surface area contributed by atoms with Crippen molar-refractivity contribution in [1.29, 1.82) is 5.26 Å². The highest BCUT2D eigenvalue weighted by Crippen LogP contribution is 2.38. The van der Waals surface area contributed by atoms with Gasteiger partial charge < -0.3 is 19.5 Å². The van der Waals surface area contributed by atoms with Gasteiger partial charge in [-0.25, -0.2) is 0 Å². The normalized spacial score (nSPS) is 11.0. The molecule has 42 heavy (non-hydrogen) atoms. The molecule has 214 valence electrons. The Labute approximate surface area is 259 Å². The van der Waals surface area contributed by atoms with Gasteiger partial charge in [-0.1, -0.05) is 41.9 Å². The highest BCUT2D eigenvalue weighted by molar-refractivity contribution is 9.10. The molecule has 1 N–H and O–H groups in total. The number of hydrogen-bond acceptors (Lipinski definition) is 5. The van der Waals surface area contributed by atoms with E-state index >= 15 is 0 Å². The van der Waals surface area contributed by atoms with E-state index in [0.29, 0.717) is 57.8 Å². The number of hydrogen-bond donors (Lipinski definition) is 1. The van der Waals surface area contributed by atoms with E-state index in [2.05, 4.69) is 47.2 Å². The van der Waals surface area contributed by atoms with Crippen LogP contribution in [0.5, 0.6) is 17.2 Å². The highest BCUT2D eigenvalue weighted by atomic mass is 79.9. The maximum Gasteiger partial charge on any atom is 0.266 e. The van der Waals surface area contributed by atoms with Gasteiger partial charge in [0, 0.05) is 10.7 Å². The van der Waals surface area contributed by atoms with Crippen molar-refractivity contribution in [2.45, 2.75) is 34.0 Å². The summed E-state index contributed by atoms with van der Waals surface area (Å²) in [5.41, 5.74) is 5.53. The Morgan fingerprint density at radius 2 is 1.60 bits per heavy atom. The van der Waals surface area contributed by atoms with Crippen LogP contribution in [0, 0.1) is 25.2 Å². The number of amides is 1. The number of benzene rings is 4. The van der Waals surface area contributed by atoms with Crippen LogP contribution in [0.4, 0.5) is 5.69 Å². The highest BCUT2D eigenvalue weighted by Gasteiger charge is 2.15. The number of nitriles is 1. The molecule has 4 aromatic rings. The number of carbonyl (C=O) groups is 1. The maximum absolute atomic E-state index is 12.9. The maximum atomic E-state index is 12.9. The Balaban J connectivity index is 1.44. The number of carbonyl (C=O) groups excluding carboxylic acids is 1. The van der Waals surface area contributed by atoms with E-state index in [4.69, 9.17) is 25.8 Å². The second kappa shape index (κ2) is 14.6. The number of nitrogens with one attached hydrogen (secondary N) is 1. The summed E-state index contributed by atoms with van der Waals surface area (Å²) < 4.78 is 18.4. The van der Waals surface area contributed by atoms with Gasteiger partial charge in [0.2, 0.25) is 0 Å². The third-order valence-corrected chi connectivity index (χ3v) is 7.23. The monoisotopic (exact) mass is 644 g/mol. The molecule has 4 aromatic carbocycles. The van der Waals surface area contributed by atoms with Crippen molar-refractivity contribution in [1.82, 2.24) is 0 Å². The average Bonchev–Trinajstić information content (AvgIpc) is 2.98. The molecule has 8 heteroatoms. The smallest absolute Gasteiger partial charge is 0.266 e. The summed E-state index contributed by atoms with van der Waals surface area (Å²) >= 11 is 9.50. The van der Waals surface area contributed by atoms with Gasteiger partial charge in [-0.3, -0.25) is 4.79 Å². The van der Waals surface area contributed by atoms with E-state index in [1.807, 2.05) is 43.3 Å². The van der Waals surface area contributed by atoms with Gasteiger partial charge in [0.15, 0.2) is 11.5 Å². The lowest BCUT2D eigenvalue weighted by molar-refractivity contribution is -0.112. The average molecular weight is 646 g/mol. The van der Waals surface area contributed by atoms with Crippen LogP contribution in [0.2, 0.25) is 5.02 Å². The summed E-state index contributed by atoms with van der Waals surface area (Å²) in [4.78, 5) is 12.9. The molecule has 6 nitrogen and oxygen atoms in total. The van der Waals surface area contributed by atoms with Crippen LogP contribution in [0.15, 0.2) is 88.9 Å². The van der Waals surface area contributed by atoms with E-state index in [-0.39, 0.29) is 5.57 Å². The van der Waals surface area contributed by atoms with Crippen molar-refractivity contribution in [3.63, 3.8) is 0 Å². The Hall–Kier alpha value is -4.25. The van der Waals surface area contributed by atoms with Crippen molar-refractivity contribution in [2.24, 2.45) is 0 Å². The van der Waals surface area contributed by atoms with Crippen LogP contribution >= 0.6 is 27.5 Å². The molecule has 0 aromatic heterocycles. The zero-order valence-corrected chi connectivity index (χ0v) is 25.9. The van der Waals surface area contributed by atoms with Crippen LogP contribution < -0.4 is 19.5 Å². The number of anilines is 1. The first-order valence-corrected chi connectivity index (χ1v) is 14.5. The fraction of sp³-hybridized carbons (Fsp3) is 0.176. The number of aryl methyl sites for hydroxylation is 2. The first kappa shape index (κ1) is 30.7. The van der Waals surface area contributed by atoms with Gasteiger partial charge in [-0.15, -0.1) is 0 Å². The van der Waals surface area contributed by atoms with E-state index < -0.39 is 5.91 Å². The molecule has 0 aliphatic carbocycles. The van der Waals surface area contributed by atoms with Gasteiger partial charge >= 0.3 is 0 Å². The van der Waals surface area contributed by atoms with E-state index in [0.717, 1.165) is 11.1 Å². The third kappa shape index (κ3) is 8.39. The predicted octanol–water partition coefficient (Wildman–Crippen LogP) is 8.82. The Bertz CT molecular complexity index is 1630. The summed E-state index contributed by atoms with van der Waals surface area (Å²) in [5.74, 6) is 1.17. The summed E-state index contributed by atoms with van der Waals surface area (Å²) in [7, 11) is 0. The third-order valence-electron chi connectivity index (χ3n) is 6.39. The quantitative estimate of drug-likeness (QED) is 0.130. The second-order valence-corrected chi connectivity index (χ2v) is 10.8. The zero-order chi connectivity index (χ0) is 30.1. The topological polar surface area (TPSA) is 80.6 Å². The molecule has 0 heterocycles. The first-order chi connectivity index (χ1) is 20.2. The molecular formula is C34H30BrClN2O4. The molecule has 0 atom stereocenters. The number of rotatable bonds is 11. The molecule has 0 saturated heterocycles. The van der Waals surface area contributed by atoms with Crippen molar-refractivity contribution in [2.75, 3.05) is 11.9 Å². The van der Waals surface area contributed by atoms with Crippen molar-refractivity contribution >= 4 is 45.2 Å². The second-order valence-electron chi connectivity index (χ2n) is 9.53. The molecule has 0 spiro atoms. The minimum atomic E-state index is -0.531. The fourth-order valence-corrected chi connectivity index (χ4v) is 4.72. The summed E-state index contributed by atoms with van der Waals surface area (Å²) in [5, 5.41) is 13.2. The minimum Gasteiger partial charge on any atom is -0.490 e. The van der Waals surface area contributed by atoms with Crippen LogP contribution in [-0.4, -0.2) is 12.5 Å². The van der Waals surface area contributed by atoms with Crippen LogP contribution in [0.1, 0.15) is 34.7 Å². The lowest BCUT2D eigenvalue weighted by Crippen LogP contribution is -2.13. The summed E-state index contributed by atoms with van der Waals surface area (Å²) in [6.45, 7) is 7.20. The zero-order valence-electron chi connectivity index (χ0n) is 23.5. The standard InChI is InChI=1S/C34H30BrClN2O4/c1-4-40-32-18-26(17-31(35)33(32)42-21-25-6-5-22(2)23(3)15-25)16-27(19-37)34(39)38-29-11-13-30(14-12-29)41-20-24-7-9-28(36)10-8-24/h5-18H,4,20-21H2,1-3H3,(H,38,39)/b27-16+. The predicted molar refractivity (Wildman–Crippen MR) is 170 cm³/mol. The molecule has 0 bridgehead atoms. The molecule has 0 unspecified atom stereocenters. The Morgan fingerprint density at radius 3 is 2.26 bits per heavy atom. The van der Waals surface area contributed by atoms with Gasteiger partial charge in [0.25, 0.3) is 5.91 Å². The van der Waals surface area contributed by atoms with Gasteiger partial charge in [-0.2, -0.15) is 5.26 Å². The molecule has 0 saturated carbocycles. The van der Waals surface area contributed by atoms with Gasteiger partial charge in [-0.05, 0) is 119 Å². The lowest BCUT2D eigenvalue weighted by Gasteiger charge is -2.15. The minimum absolute atomic E-state index is 0.0591. The molecule has 0 aliphatic heterocycles. The Kier molecular flexibility index (Phi) is 10.7. The van der Waals surface area contributed by atoms with E-state index in [9.17, 15) is 10.1 Å². The van der Waals surface area contributed by atoms with Crippen molar-refractivity contribution in [3.05, 3.63) is 122 Å². The SMILES string of the molecule is CCOc1cc(/C=C(\C#N)C(=O)Nc2ccc(OCc3ccc(Cl)cc3)cc2)cc(Br)c1OCc1ccc(C)c(C)c1. The molecule has 0 aliphatic rings. The molecule has 1 amide bonds. The molecule has 0 radical (unpaired) electrons. The van der Waals surface area contributed by atoms with E-state index in [1.165, 1.54) is 17.2 Å².